The summed E-state index contributed by atoms with van der Waals surface area (Å²) in [5.74, 6) is 2.93. The number of hydrogen-bond acceptors (Lipinski definition) is 6. The third-order valence-electron chi connectivity index (χ3n) is 4.92. The molecule has 5 rings (SSSR count). The number of hydrogen-bond donors (Lipinski definition) is 0. The minimum atomic E-state index is -0.414. The predicted octanol–water partition coefficient (Wildman–Crippen LogP) is 6.18. The van der Waals surface area contributed by atoms with Crippen molar-refractivity contribution in [2.75, 3.05) is 13.2 Å². The number of furan rings is 1. The van der Waals surface area contributed by atoms with Gasteiger partial charge in [0.15, 0.2) is 0 Å². The molecule has 6 heteroatoms. The molecule has 5 aromatic rings. The second-order valence-electron chi connectivity index (χ2n) is 7.14. The molecule has 0 radical (unpaired) electrons. The number of ether oxygens (including phenoxy) is 3. The summed E-state index contributed by atoms with van der Waals surface area (Å²) in [7, 11) is 0. The molecule has 2 heterocycles. The van der Waals surface area contributed by atoms with E-state index in [0.717, 1.165) is 28.0 Å². The van der Waals surface area contributed by atoms with Gasteiger partial charge in [0.1, 0.15) is 34.2 Å². The number of benzene rings is 3. The molecule has 0 amide bonds. The van der Waals surface area contributed by atoms with E-state index in [1.165, 1.54) is 6.07 Å². The zero-order valence-electron chi connectivity index (χ0n) is 17.2. The van der Waals surface area contributed by atoms with Crippen LogP contribution >= 0.6 is 0 Å². The van der Waals surface area contributed by atoms with Crippen molar-refractivity contribution in [3.63, 3.8) is 0 Å². The zero-order chi connectivity index (χ0) is 21.8. The van der Waals surface area contributed by atoms with Crippen molar-refractivity contribution < 1.29 is 23.0 Å². The summed E-state index contributed by atoms with van der Waals surface area (Å²) in [6, 6.07) is 23.8. The number of para-hydroxylation sites is 1. The van der Waals surface area contributed by atoms with Crippen molar-refractivity contribution >= 4 is 21.9 Å². The Hall–Kier alpha value is -4.19. The average Bonchev–Trinajstić information content (AvgIpc) is 3.28. The van der Waals surface area contributed by atoms with Crippen molar-refractivity contribution in [3.8, 4) is 23.0 Å². The van der Waals surface area contributed by atoms with Crippen LogP contribution in [-0.4, -0.2) is 13.2 Å². The molecule has 0 unspecified atom stereocenters. The molecule has 160 valence electrons. The van der Waals surface area contributed by atoms with Gasteiger partial charge in [-0.3, -0.25) is 0 Å². The summed E-state index contributed by atoms with van der Waals surface area (Å²) in [6.07, 6.45) is 2.26. The topological polar surface area (TPSA) is 71.0 Å². The van der Waals surface area contributed by atoms with Crippen LogP contribution in [0.5, 0.6) is 23.0 Å². The standard InChI is InChI=1S/C26H20O6/c27-25-12-11-21-24(32-25)17-23-22(13-16-29-23)26(21)30-15-4-14-28-18-7-9-20(10-8-18)31-19-5-2-1-3-6-19/h1-3,5-13,16-17H,4,14-15H2. The van der Waals surface area contributed by atoms with Gasteiger partial charge in [-0.2, -0.15) is 0 Å². The van der Waals surface area contributed by atoms with Crippen molar-refractivity contribution in [1.82, 2.24) is 0 Å². The second-order valence-corrected chi connectivity index (χ2v) is 7.14. The fourth-order valence-electron chi connectivity index (χ4n) is 3.42. The van der Waals surface area contributed by atoms with E-state index >= 15 is 0 Å². The van der Waals surface area contributed by atoms with Crippen molar-refractivity contribution in [1.29, 1.82) is 0 Å². The first-order valence-corrected chi connectivity index (χ1v) is 10.3. The second kappa shape index (κ2) is 8.89. The molecule has 0 saturated carbocycles. The highest BCUT2D eigenvalue weighted by molar-refractivity contribution is 6.01. The molecule has 0 saturated heterocycles. The lowest BCUT2D eigenvalue weighted by molar-refractivity contribution is 0.250. The highest BCUT2D eigenvalue weighted by Gasteiger charge is 2.13. The van der Waals surface area contributed by atoms with Crippen LogP contribution in [0.3, 0.4) is 0 Å². The molecule has 2 aromatic heterocycles. The van der Waals surface area contributed by atoms with E-state index < -0.39 is 5.63 Å². The Balaban J connectivity index is 1.17. The zero-order valence-corrected chi connectivity index (χ0v) is 17.2. The van der Waals surface area contributed by atoms with Crippen LogP contribution in [0.2, 0.25) is 0 Å². The third kappa shape index (κ3) is 4.30. The summed E-state index contributed by atoms with van der Waals surface area (Å²) >= 11 is 0. The molecule has 0 aliphatic rings. The SMILES string of the molecule is O=c1ccc2c(OCCCOc3ccc(Oc4ccccc4)cc3)c3ccoc3cc2o1. The molecule has 6 nitrogen and oxygen atoms in total. The maximum absolute atomic E-state index is 11.6. The summed E-state index contributed by atoms with van der Waals surface area (Å²) in [6.45, 7) is 0.932. The predicted molar refractivity (Wildman–Crippen MR) is 121 cm³/mol. The lowest BCUT2D eigenvalue weighted by Crippen LogP contribution is -2.06. The first-order valence-electron chi connectivity index (χ1n) is 10.3. The number of rotatable bonds is 8. The van der Waals surface area contributed by atoms with E-state index in [2.05, 4.69) is 0 Å². The highest BCUT2D eigenvalue weighted by Crippen LogP contribution is 2.35. The van der Waals surface area contributed by atoms with Gasteiger partial charge < -0.3 is 23.0 Å². The Morgan fingerprint density at radius 3 is 2.25 bits per heavy atom. The Morgan fingerprint density at radius 1 is 0.688 bits per heavy atom. The van der Waals surface area contributed by atoms with Gasteiger partial charge in [0.05, 0.1) is 30.2 Å². The summed E-state index contributed by atoms with van der Waals surface area (Å²) in [5, 5.41) is 1.56. The van der Waals surface area contributed by atoms with Gasteiger partial charge in [-0.15, -0.1) is 0 Å². The van der Waals surface area contributed by atoms with E-state index in [1.807, 2.05) is 60.7 Å². The van der Waals surface area contributed by atoms with Crippen LogP contribution in [0.15, 0.2) is 98.8 Å². The van der Waals surface area contributed by atoms with Gasteiger partial charge >= 0.3 is 5.63 Å². The average molecular weight is 428 g/mol. The molecule has 0 aliphatic heterocycles. The Bertz CT molecular complexity index is 1380. The molecular formula is C26H20O6. The minimum absolute atomic E-state index is 0.414. The Morgan fingerprint density at radius 2 is 1.41 bits per heavy atom. The molecule has 0 N–H and O–H groups in total. The Kier molecular flexibility index (Phi) is 5.49. The molecule has 0 atom stereocenters. The lowest BCUT2D eigenvalue weighted by Gasteiger charge is -2.11. The molecule has 0 fully saturated rings. The highest BCUT2D eigenvalue weighted by atomic mass is 16.5. The first-order chi connectivity index (χ1) is 15.8. The molecule has 0 bridgehead atoms. The van der Waals surface area contributed by atoms with Gasteiger partial charge in [-0.05, 0) is 48.5 Å². The normalized spacial score (nSPS) is 11.0. The molecule has 32 heavy (non-hydrogen) atoms. The van der Waals surface area contributed by atoms with Crippen LogP contribution in [0.4, 0.5) is 0 Å². The first kappa shape index (κ1) is 19.8. The van der Waals surface area contributed by atoms with Crippen LogP contribution in [0, 0.1) is 0 Å². The summed E-state index contributed by atoms with van der Waals surface area (Å²) in [5.41, 5.74) is 0.628. The largest absolute Gasteiger partial charge is 0.493 e. The number of fused-ring (bicyclic) bond motifs is 2. The van der Waals surface area contributed by atoms with E-state index in [9.17, 15) is 4.79 Å². The van der Waals surface area contributed by atoms with Crippen LogP contribution in [0.1, 0.15) is 6.42 Å². The fourth-order valence-corrected chi connectivity index (χ4v) is 3.42. The van der Waals surface area contributed by atoms with Crippen LogP contribution in [-0.2, 0) is 0 Å². The van der Waals surface area contributed by atoms with Gasteiger partial charge in [0, 0.05) is 18.6 Å². The van der Waals surface area contributed by atoms with E-state index in [0.29, 0.717) is 36.6 Å². The Labute approximate surface area is 183 Å². The monoisotopic (exact) mass is 428 g/mol. The summed E-state index contributed by atoms with van der Waals surface area (Å²) in [4.78, 5) is 11.6. The van der Waals surface area contributed by atoms with E-state index in [4.69, 9.17) is 23.0 Å². The molecule has 3 aromatic carbocycles. The molecular weight excluding hydrogens is 408 g/mol. The van der Waals surface area contributed by atoms with Crippen molar-refractivity contribution in [3.05, 3.63) is 95.5 Å². The molecule has 0 spiro atoms. The van der Waals surface area contributed by atoms with Crippen LogP contribution < -0.4 is 19.8 Å². The van der Waals surface area contributed by atoms with Crippen LogP contribution in [0.25, 0.3) is 21.9 Å². The van der Waals surface area contributed by atoms with E-state index in [1.54, 1.807) is 18.4 Å². The van der Waals surface area contributed by atoms with Gasteiger partial charge in [-0.1, -0.05) is 18.2 Å². The van der Waals surface area contributed by atoms with Crippen molar-refractivity contribution in [2.45, 2.75) is 6.42 Å². The van der Waals surface area contributed by atoms with Crippen molar-refractivity contribution in [2.24, 2.45) is 0 Å². The van der Waals surface area contributed by atoms with E-state index in [-0.39, 0.29) is 0 Å². The van der Waals surface area contributed by atoms with Gasteiger partial charge in [0.2, 0.25) is 0 Å². The third-order valence-corrected chi connectivity index (χ3v) is 4.92. The smallest absolute Gasteiger partial charge is 0.336 e. The maximum Gasteiger partial charge on any atom is 0.336 e. The quantitative estimate of drug-likeness (QED) is 0.217. The van der Waals surface area contributed by atoms with Gasteiger partial charge in [-0.25, -0.2) is 4.79 Å². The summed E-state index contributed by atoms with van der Waals surface area (Å²) < 4.78 is 28.4. The minimum Gasteiger partial charge on any atom is -0.493 e. The van der Waals surface area contributed by atoms with Gasteiger partial charge in [0.25, 0.3) is 0 Å². The maximum atomic E-state index is 11.6. The molecule has 0 aliphatic carbocycles. The lowest BCUT2D eigenvalue weighted by atomic mass is 10.1. The fraction of sp³-hybridized carbons (Fsp3) is 0.115.